The van der Waals surface area contributed by atoms with Gasteiger partial charge < -0.3 is 34.8 Å². The average Bonchev–Trinajstić information content (AvgIpc) is 3.64. The summed E-state index contributed by atoms with van der Waals surface area (Å²) in [4.78, 5) is 64.5. The fourth-order valence-electron chi connectivity index (χ4n) is 7.04. The number of amides is 3. The quantitative estimate of drug-likeness (QED) is 0.278. The number of rotatable bonds is 14. The molecule has 0 saturated carbocycles. The first-order chi connectivity index (χ1) is 23.8. The number of anilines is 1. The number of nitrogens with one attached hydrogen (secondary N) is 1. The van der Waals surface area contributed by atoms with Crippen LogP contribution in [-0.2, 0) is 14.3 Å². The lowest BCUT2D eigenvalue weighted by atomic mass is 9.96. The van der Waals surface area contributed by atoms with Crippen LogP contribution in [0.3, 0.4) is 0 Å². The molecule has 3 aliphatic rings. The van der Waals surface area contributed by atoms with Gasteiger partial charge >= 0.3 is 12.1 Å². The van der Waals surface area contributed by atoms with Crippen molar-refractivity contribution in [1.29, 1.82) is 0 Å². The predicted octanol–water partition coefficient (Wildman–Crippen LogP) is 4.50. The normalized spacial score (nSPS) is 19.0. The molecule has 0 aliphatic carbocycles. The summed E-state index contributed by atoms with van der Waals surface area (Å²) in [6.07, 6.45) is 6.87. The van der Waals surface area contributed by atoms with Gasteiger partial charge in [-0.3, -0.25) is 14.4 Å². The van der Waals surface area contributed by atoms with Gasteiger partial charge in [0.15, 0.2) is 0 Å². The topological polar surface area (TPSA) is 136 Å². The number of piperidine rings is 1. The van der Waals surface area contributed by atoms with Crippen molar-refractivity contribution in [3.8, 4) is 11.3 Å². The third kappa shape index (κ3) is 10.4. The maximum Gasteiger partial charge on any atom is 0.409 e. The van der Waals surface area contributed by atoms with Crippen LogP contribution < -0.4 is 10.2 Å². The van der Waals surface area contributed by atoms with Crippen molar-refractivity contribution in [1.82, 2.24) is 25.0 Å². The lowest BCUT2D eigenvalue weighted by molar-refractivity contribution is -0.138. The van der Waals surface area contributed by atoms with Crippen molar-refractivity contribution in [2.24, 2.45) is 5.92 Å². The van der Waals surface area contributed by atoms with E-state index in [1.807, 2.05) is 36.4 Å². The minimum absolute atomic E-state index is 0.0604. The van der Waals surface area contributed by atoms with Gasteiger partial charge in [-0.05, 0) is 69.7 Å². The van der Waals surface area contributed by atoms with E-state index in [1.54, 1.807) is 15.9 Å². The van der Waals surface area contributed by atoms with Crippen LogP contribution in [0, 0.1) is 5.92 Å². The zero-order chi connectivity index (χ0) is 34.6. The third-order valence-electron chi connectivity index (χ3n) is 9.78. The fraction of sp³-hybridized carbons (Fsp3) is 0.595. The van der Waals surface area contributed by atoms with E-state index >= 15 is 0 Å². The Morgan fingerprint density at radius 1 is 0.939 bits per heavy atom. The lowest BCUT2D eigenvalue weighted by Gasteiger charge is -2.36. The van der Waals surface area contributed by atoms with Crippen molar-refractivity contribution in [3.05, 3.63) is 48.2 Å². The number of ether oxygens (including phenoxy) is 1. The molecule has 3 amide bonds. The Bertz CT molecular complexity index is 1410. The zero-order valence-corrected chi connectivity index (χ0v) is 28.9. The highest BCUT2D eigenvalue weighted by Crippen LogP contribution is 2.29. The van der Waals surface area contributed by atoms with Gasteiger partial charge in [-0.25, -0.2) is 9.78 Å². The molecule has 1 aromatic heterocycles. The molecule has 12 nitrogen and oxygen atoms in total. The average molecular weight is 677 g/mol. The van der Waals surface area contributed by atoms with Crippen LogP contribution in [-0.4, -0.2) is 120 Å². The second-order valence-corrected chi connectivity index (χ2v) is 13.5. The maximum atomic E-state index is 13.9. The summed E-state index contributed by atoms with van der Waals surface area (Å²) in [5.41, 5.74) is 2.64. The Morgan fingerprint density at radius 2 is 1.67 bits per heavy atom. The van der Waals surface area contributed by atoms with Gasteiger partial charge in [0.25, 0.3) is 5.91 Å². The number of hydrogen-bond donors (Lipinski definition) is 2. The van der Waals surface area contributed by atoms with Crippen LogP contribution >= 0.6 is 0 Å². The minimum atomic E-state index is -1.05. The van der Waals surface area contributed by atoms with Crippen molar-refractivity contribution in [2.75, 3.05) is 70.4 Å². The summed E-state index contributed by atoms with van der Waals surface area (Å²) in [6.45, 7) is 8.78. The number of piperazine rings is 1. The van der Waals surface area contributed by atoms with Crippen molar-refractivity contribution >= 4 is 29.6 Å². The fourth-order valence-corrected chi connectivity index (χ4v) is 7.04. The van der Waals surface area contributed by atoms with Crippen molar-refractivity contribution in [2.45, 2.75) is 70.8 Å². The number of nitrogens with zero attached hydrogens (tertiary/aromatic N) is 5. The summed E-state index contributed by atoms with van der Waals surface area (Å²) in [5, 5.41) is 12.3. The number of likely N-dealkylation sites (tertiary alicyclic amines) is 1. The third-order valence-corrected chi connectivity index (χ3v) is 9.78. The Kier molecular flexibility index (Phi) is 13.3. The van der Waals surface area contributed by atoms with Crippen LogP contribution in [0.1, 0.15) is 75.2 Å². The van der Waals surface area contributed by atoms with Crippen LogP contribution in [0.25, 0.3) is 11.3 Å². The molecule has 0 spiro atoms. The highest BCUT2D eigenvalue weighted by atomic mass is 16.6. The number of aromatic nitrogens is 1. The molecule has 2 aromatic rings. The Hall–Kier alpha value is -4.19. The van der Waals surface area contributed by atoms with E-state index in [9.17, 15) is 24.3 Å². The zero-order valence-electron chi connectivity index (χ0n) is 28.9. The molecule has 3 fully saturated rings. The first kappa shape index (κ1) is 36.1. The molecule has 266 valence electrons. The SMILES string of the molecule is CCCCCOC(=O)N1CCN(C(=O)[C@H](CCC(=O)O)NC(=O)c2cc(N3CCCC(CN4CCCC4)C3)cc(-c3ccccc3)n2)CC1. The number of carbonyl (C=O) groups excluding carboxylic acids is 3. The number of carboxylic acids is 1. The molecule has 5 rings (SSSR count). The summed E-state index contributed by atoms with van der Waals surface area (Å²) in [5.74, 6) is -1.41. The largest absolute Gasteiger partial charge is 0.481 e. The monoisotopic (exact) mass is 676 g/mol. The van der Waals surface area contributed by atoms with Crippen LogP contribution in [0.15, 0.2) is 42.5 Å². The number of pyridine rings is 1. The number of unbranched alkanes of at least 4 members (excludes halogenated alkanes) is 2. The number of benzene rings is 1. The van der Waals surface area contributed by atoms with Gasteiger partial charge in [-0.15, -0.1) is 0 Å². The van der Waals surface area contributed by atoms with Crippen LogP contribution in [0.4, 0.5) is 10.5 Å². The Labute approximate surface area is 289 Å². The van der Waals surface area contributed by atoms with E-state index < -0.39 is 24.0 Å². The first-order valence-electron chi connectivity index (χ1n) is 18.1. The molecule has 2 atom stereocenters. The van der Waals surface area contributed by atoms with E-state index in [2.05, 4.69) is 22.0 Å². The summed E-state index contributed by atoms with van der Waals surface area (Å²) in [6, 6.07) is 12.5. The van der Waals surface area contributed by atoms with Crippen LogP contribution in [0.2, 0.25) is 0 Å². The van der Waals surface area contributed by atoms with E-state index in [0.29, 0.717) is 31.3 Å². The molecular weight excluding hydrogens is 624 g/mol. The molecule has 0 radical (unpaired) electrons. The molecule has 3 saturated heterocycles. The van der Waals surface area contributed by atoms with Gasteiger partial charge in [-0.2, -0.15) is 0 Å². The Morgan fingerprint density at radius 3 is 2.39 bits per heavy atom. The molecular formula is C37H52N6O6. The number of hydrogen-bond acceptors (Lipinski definition) is 8. The van der Waals surface area contributed by atoms with E-state index in [1.165, 1.54) is 19.3 Å². The van der Waals surface area contributed by atoms with Crippen molar-refractivity contribution in [3.63, 3.8) is 0 Å². The number of carboxylic acid groups (broad SMARTS) is 1. The summed E-state index contributed by atoms with van der Waals surface area (Å²) >= 11 is 0. The molecule has 4 heterocycles. The van der Waals surface area contributed by atoms with Crippen LogP contribution in [0.5, 0.6) is 0 Å². The van der Waals surface area contributed by atoms with E-state index in [-0.39, 0.29) is 37.5 Å². The standard InChI is InChI=1S/C37H52N6O6/c1-2-3-9-23-49-37(48)42-21-19-41(20-22-42)36(47)31(14-15-34(44)45)39-35(46)33-25-30(24-32(38-33)29-12-5-4-6-13-29)43-18-10-11-28(27-43)26-40-16-7-8-17-40/h4-6,12-13,24-25,28,31H,2-3,7-11,14-23,26-27H2,1H3,(H,39,46)(H,44,45)/t28?,31-/m0/s1. The minimum Gasteiger partial charge on any atom is -0.481 e. The van der Waals surface area contributed by atoms with Gasteiger partial charge in [-0.1, -0.05) is 50.1 Å². The second kappa shape index (κ2) is 18.0. The molecule has 0 bridgehead atoms. The van der Waals surface area contributed by atoms with Gasteiger partial charge in [0.1, 0.15) is 11.7 Å². The lowest BCUT2D eigenvalue weighted by Crippen LogP contribution is -2.56. The maximum absolute atomic E-state index is 13.9. The summed E-state index contributed by atoms with van der Waals surface area (Å²) in [7, 11) is 0. The predicted molar refractivity (Wildman–Crippen MR) is 187 cm³/mol. The van der Waals surface area contributed by atoms with Crippen molar-refractivity contribution < 1.29 is 29.0 Å². The number of carbonyl (C=O) groups is 4. The second-order valence-electron chi connectivity index (χ2n) is 13.5. The molecule has 2 N–H and O–H groups in total. The molecule has 49 heavy (non-hydrogen) atoms. The number of aliphatic carboxylic acids is 1. The smallest absolute Gasteiger partial charge is 0.409 e. The first-order valence-corrected chi connectivity index (χ1v) is 18.1. The molecule has 1 unspecified atom stereocenters. The summed E-state index contributed by atoms with van der Waals surface area (Å²) < 4.78 is 5.37. The molecule has 3 aliphatic heterocycles. The molecule has 1 aromatic carbocycles. The van der Waals surface area contributed by atoms with E-state index in [4.69, 9.17) is 9.72 Å². The van der Waals surface area contributed by atoms with E-state index in [0.717, 1.165) is 69.7 Å². The highest BCUT2D eigenvalue weighted by Gasteiger charge is 2.32. The van der Waals surface area contributed by atoms with Gasteiger partial charge in [0.2, 0.25) is 5.91 Å². The molecule has 12 heteroatoms. The highest BCUT2D eigenvalue weighted by molar-refractivity contribution is 5.97. The van der Waals surface area contributed by atoms with Gasteiger partial charge in [0, 0.05) is 63.5 Å². The van der Waals surface area contributed by atoms with Gasteiger partial charge in [0.05, 0.1) is 12.3 Å². The Balaban J connectivity index is 1.29.